The first-order valence-corrected chi connectivity index (χ1v) is 6.84. The number of hydrogen-bond donors (Lipinski definition) is 2. The molecule has 0 saturated heterocycles. The van der Waals surface area contributed by atoms with Crippen LogP contribution in [0.4, 0.5) is 0 Å². The van der Waals surface area contributed by atoms with E-state index in [1.165, 1.54) is 0 Å². The van der Waals surface area contributed by atoms with E-state index in [1.54, 1.807) is 31.2 Å². The lowest BCUT2D eigenvalue weighted by Gasteiger charge is -2.14. The van der Waals surface area contributed by atoms with Gasteiger partial charge in [0, 0.05) is 11.1 Å². The van der Waals surface area contributed by atoms with Crippen LogP contribution in [0.1, 0.15) is 18.5 Å². The van der Waals surface area contributed by atoms with Crippen LogP contribution in [-0.4, -0.2) is 25.9 Å². The third-order valence-corrected chi connectivity index (χ3v) is 3.73. The summed E-state index contributed by atoms with van der Waals surface area (Å²) in [5.41, 5.74) is 0.786. The van der Waals surface area contributed by atoms with Gasteiger partial charge in [0.1, 0.15) is 0 Å². The second-order valence-electron chi connectivity index (χ2n) is 3.44. The minimum Gasteiger partial charge on any atom is -0.395 e. The summed E-state index contributed by atoms with van der Waals surface area (Å²) in [6.45, 7) is 1.33. The Balaban J connectivity index is 2.76. The molecule has 1 atom stereocenters. The molecule has 16 heavy (non-hydrogen) atoms. The molecule has 0 heterocycles. The average Bonchev–Trinajstić information content (AvgIpc) is 2.16. The summed E-state index contributed by atoms with van der Waals surface area (Å²) >= 11 is 5.80. The summed E-state index contributed by atoms with van der Waals surface area (Å²) in [6.07, 6.45) is 0. The van der Waals surface area contributed by atoms with E-state index >= 15 is 0 Å². The maximum atomic E-state index is 11.4. The van der Waals surface area contributed by atoms with E-state index < -0.39 is 16.6 Å². The fourth-order valence-electron chi connectivity index (χ4n) is 1.29. The van der Waals surface area contributed by atoms with Crippen LogP contribution in [0.5, 0.6) is 0 Å². The fourth-order valence-corrected chi connectivity index (χ4v) is 2.52. The van der Waals surface area contributed by atoms with Gasteiger partial charge in [-0.1, -0.05) is 23.7 Å². The largest absolute Gasteiger partial charge is 0.395 e. The molecule has 0 bridgehead atoms. The van der Waals surface area contributed by atoms with Crippen LogP contribution in [0, 0.1) is 0 Å². The van der Waals surface area contributed by atoms with Gasteiger partial charge in [-0.3, -0.25) is 0 Å². The predicted molar refractivity (Wildman–Crippen MR) is 63.9 cm³/mol. The van der Waals surface area contributed by atoms with Crippen LogP contribution in [0.3, 0.4) is 0 Å². The molecule has 0 radical (unpaired) electrons. The molecular formula is C10H14ClNO3S. The highest BCUT2D eigenvalue weighted by Gasteiger charge is 2.15. The summed E-state index contributed by atoms with van der Waals surface area (Å²) in [5, 5.41) is 9.15. The summed E-state index contributed by atoms with van der Waals surface area (Å²) < 4.78 is 25.2. The Labute approximate surface area is 100 Å². The Kier molecular flexibility index (Phi) is 4.73. The Hall–Kier alpha value is -0.620. The SMILES string of the molecule is CC(NS(=O)(=O)CCO)c1cccc(Cl)c1. The summed E-state index contributed by atoms with van der Waals surface area (Å²) in [6, 6.07) is 6.61. The molecule has 0 fully saturated rings. The Bertz CT molecular complexity index is 447. The van der Waals surface area contributed by atoms with E-state index in [-0.39, 0.29) is 11.8 Å². The van der Waals surface area contributed by atoms with Gasteiger partial charge in [0.25, 0.3) is 0 Å². The predicted octanol–water partition coefficient (Wildman–Crippen LogP) is 1.31. The molecule has 1 rings (SSSR count). The molecule has 4 nitrogen and oxygen atoms in total. The lowest BCUT2D eigenvalue weighted by Crippen LogP contribution is -2.30. The van der Waals surface area contributed by atoms with Gasteiger partial charge in [0.15, 0.2) is 0 Å². The van der Waals surface area contributed by atoms with Crippen molar-refractivity contribution in [2.45, 2.75) is 13.0 Å². The van der Waals surface area contributed by atoms with Crippen LogP contribution in [-0.2, 0) is 10.0 Å². The van der Waals surface area contributed by atoms with Gasteiger partial charge in [0.2, 0.25) is 10.0 Å². The summed E-state index contributed by atoms with van der Waals surface area (Å²) in [7, 11) is -3.43. The van der Waals surface area contributed by atoms with Crippen molar-refractivity contribution in [3.8, 4) is 0 Å². The molecule has 0 saturated carbocycles. The van der Waals surface area contributed by atoms with Crippen LogP contribution < -0.4 is 4.72 Å². The molecule has 2 N–H and O–H groups in total. The Morgan fingerprint density at radius 3 is 2.75 bits per heavy atom. The van der Waals surface area contributed by atoms with E-state index in [2.05, 4.69) is 4.72 Å². The molecule has 1 aromatic carbocycles. The molecule has 0 aliphatic rings. The highest BCUT2D eigenvalue weighted by atomic mass is 35.5. The number of hydrogen-bond acceptors (Lipinski definition) is 3. The topological polar surface area (TPSA) is 66.4 Å². The van der Waals surface area contributed by atoms with Crippen molar-refractivity contribution >= 4 is 21.6 Å². The molecule has 0 amide bonds. The zero-order valence-corrected chi connectivity index (χ0v) is 10.4. The third-order valence-electron chi connectivity index (χ3n) is 2.07. The van der Waals surface area contributed by atoms with Crippen LogP contribution >= 0.6 is 11.6 Å². The minimum atomic E-state index is -3.43. The van der Waals surface area contributed by atoms with E-state index in [0.29, 0.717) is 5.02 Å². The number of aliphatic hydroxyl groups excluding tert-OH is 1. The Morgan fingerprint density at radius 1 is 1.50 bits per heavy atom. The van der Waals surface area contributed by atoms with Crippen molar-refractivity contribution in [2.24, 2.45) is 0 Å². The number of aliphatic hydroxyl groups is 1. The van der Waals surface area contributed by atoms with Crippen molar-refractivity contribution in [1.29, 1.82) is 0 Å². The maximum absolute atomic E-state index is 11.4. The maximum Gasteiger partial charge on any atom is 0.214 e. The number of rotatable bonds is 5. The molecule has 0 aromatic heterocycles. The van der Waals surface area contributed by atoms with Gasteiger partial charge in [-0.15, -0.1) is 0 Å². The number of benzene rings is 1. The number of nitrogens with one attached hydrogen (secondary N) is 1. The molecule has 1 unspecified atom stereocenters. The third kappa shape index (κ3) is 4.09. The Morgan fingerprint density at radius 2 is 2.19 bits per heavy atom. The first-order chi connectivity index (χ1) is 7.44. The quantitative estimate of drug-likeness (QED) is 0.842. The number of sulfonamides is 1. The van der Waals surface area contributed by atoms with E-state index in [1.807, 2.05) is 0 Å². The summed E-state index contributed by atoms with van der Waals surface area (Å²) in [4.78, 5) is 0. The molecule has 6 heteroatoms. The van der Waals surface area contributed by atoms with Crippen molar-refractivity contribution < 1.29 is 13.5 Å². The first-order valence-electron chi connectivity index (χ1n) is 4.81. The van der Waals surface area contributed by atoms with Crippen molar-refractivity contribution in [1.82, 2.24) is 4.72 Å². The van der Waals surface area contributed by atoms with E-state index in [9.17, 15) is 8.42 Å². The molecular weight excluding hydrogens is 250 g/mol. The lowest BCUT2D eigenvalue weighted by molar-refractivity contribution is 0.319. The zero-order chi connectivity index (χ0) is 12.2. The van der Waals surface area contributed by atoms with Gasteiger partial charge in [-0.25, -0.2) is 13.1 Å². The normalized spacial score (nSPS) is 13.7. The van der Waals surface area contributed by atoms with Crippen LogP contribution in [0.25, 0.3) is 0 Å². The van der Waals surface area contributed by atoms with Crippen molar-refractivity contribution in [2.75, 3.05) is 12.4 Å². The zero-order valence-electron chi connectivity index (χ0n) is 8.85. The minimum absolute atomic E-state index is 0.294. The second-order valence-corrected chi connectivity index (χ2v) is 5.75. The molecule has 0 spiro atoms. The van der Waals surface area contributed by atoms with Crippen LogP contribution in [0.2, 0.25) is 5.02 Å². The highest BCUT2D eigenvalue weighted by molar-refractivity contribution is 7.89. The number of halogens is 1. The lowest BCUT2D eigenvalue weighted by atomic mass is 10.1. The fraction of sp³-hybridized carbons (Fsp3) is 0.400. The second kappa shape index (κ2) is 5.63. The smallest absolute Gasteiger partial charge is 0.214 e. The van der Waals surface area contributed by atoms with E-state index in [4.69, 9.17) is 16.7 Å². The van der Waals surface area contributed by atoms with Gasteiger partial charge < -0.3 is 5.11 Å². The van der Waals surface area contributed by atoms with Gasteiger partial charge >= 0.3 is 0 Å². The molecule has 1 aromatic rings. The van der Waals surface area contributed by atoms with E-state index in [0.717, 1.165) is 5.56 Å². The van der Waals surface area contributed by atoms with Crippen molar-refractivity contribution in [3.63, 3.8) is 0 Å². The van der Waals surface area contributed by atoms with Gasteiger partial charge in [-0.05, 0) is 24.6 Å². The van der Waals surface area contributed by atoms with Gasteiger partial charge in [-0.2, -0.15) is 0 Å². The van der Waals surface area contributed by atoms with Crippen LogP contribution in [0.15, 0.2) is 24.3 Å². The first kappa shape index (κ1) is 13.4. The standard InChI is InChI=1S/C10H14ClNO3S/c1-8(12-16(14,15)6-5-13)9-3-2-4-10(11)7-9/h2-4,7-8,12-13H,5-6H2,1H3. The summed E-state index contributed by atoms with van der Waals surface area (Å²) in [5.74, 6) is -0.294. The molecule has 90 valence electrons. The highest BCUT2D eigenvalue weighted by Crippen LogP contribution is 2.17. The molecule has 0 aliphatic carbocycles. The molecule has 0 aliphatic heterocycles. The van der Waals surface area contributed by atoms with Gasteiger partial charge in [0.05, 0.1) is 12.4 Å². The monoisotopic (exact) mass is 263 g/mol. The average molecular weight is 264 g/mol. The van der Waals surface area contributed by atoms with Crippen molar-refractivity contribution in [3.05, 3.63) is 34.9 Å².